The molecule has 2 heterocycles. The van der Waals surface area contributed by atoms with Gasteiger partial charge in [0.25, 0.3) is 0 Å². The second-order valence-electron chi connectivity index (χ2n) is 8.13. The molecule has 1 saturated heterocycles. The minimum absolute atomic E-state index is 0.172. The molecule has 0 saturated carbocycles. The number of benzene rings is 1. The number of ether oxygens (including phenoxy) is 2. The molecule has 2 aliphatic carbocycles. The van der Waals surface area contributed by atoms with Gasteiger partial charge in [-0.1, -0.05) is 18.2 Å². The molecule has 7 heteroatoms. The molecule has 0 radical (unpaired) electrons. The van der Waals surface area contributed by atoms with E-state index in [9.17, 15) is 14.4 Å². The average Bonchev–Trinajstić information content (AvgIpc) is 2.93. The summed E-state index contributed by atoms with van der Waals surface area (Å²) in [5, 5.41) is 0. The standard InChI is InChI=1S/C19H24NO5P/c1-20-8-7-19-13-5-3-12(10-26(21,22)23)18(19)25-17-15(24-2)6-4-11(16(17)19)9-14(13)20/h3-6,12-14,18H,7-10H2,1-2H3,(H2,21,22,23)/t12-,13+,14-,18+,19+/m1/s1. The Kier molecular flexibility index (Phi) is 3.46. The second-order valence-corrected chi connectivity index (χ2v) is 9.83. The summed E-state index contributed by atoms with van der Waals surface area (Å²) in [5.41, 5.74) is 2.32. The van der Waals surface area contributed by atoms with E-state index in [-0.39, 0.29) is 23.6 Å². The van der Waals surface area contributed by atoms with Gasteiger partial charge in [0.15, 0.2) is 11.5 Å². The molecule has 2 aliphatic heterocycles. The molecule has 5 atom stereocenters. The molecule has 5 rings (SSSR count). The number of likely N-dealkylation sites (N-methyl/N-ethyl adjacent to an activating group) is 1. The van der Waals surface area contributed by atoms with Crippen LogP contribution in [0, 0.1) is 11.8 Å². The van der Waals surface area contributed by atoms with Crippen molar-refractivity contribution in [2.45, 2.75) is 30.4 Å². The van der Waals surface area contributed by atoms with Crippen molar-refractivity contribution < 1.29 is 23.8 Å². The zero-order valence-corrected chi connectivity index (χ0v) is 15.9. The van der Waals surface area contributed by atoms with Crippen molar-refractivity contribution in [3.63, 3.8) is 0 Å². The van der Waals surface area contributed by atoms with Crippen LogP contribution >= 0.6 is 7.60 Å². The number of rotatable bonds is 3. The molecule has 140 valence electrons. The van der Waals surface area contributed by atoms with E-state index in [0.717, 1.165) is 30.9 Å². The maximum absolute atomic E-state index is 11.7. The normalized spacial score (nSPS) is 37.2. The fourth-order valence-corrected chi connectivity index (χ4v) is 6.81. The average molecular weight is 377 g/mol. The number of piperidine rings is 1. The smallest absolute Gasteiger partial charge is 0.326 e. The predicted octanol–water partition coefficient (Wildman–Crippen LogP) is 1.93. The van der Waals surface area contributed by atoms with Crippen LogP contribution in [0.3, 0.4) is 0 Å². The summed E-state index contributed by atoms with van der Waals surface area (Å²) in [5.74, 6) is 1.53. The van der Waals surface area contributed by atoms with Gasteiger partial charge in [0.05, 0.1) is 13.3 Å². The molecule has 2 bridgehead atoms. The predicted molar refractivity (Wildman–Crippen MR) is 96.9 cm³/mol. The van der Waals surface area contributed by atoms with Crippen LogP contribution in [0.1, 0.15) is 17.5 Å². The fourth-order valence-electron chi connectivity index (χ4n) is 5.94. The SMILES string of the molecule is COc1ccc2c3c1O[C@H]1[C@@H](CP(=O)(O)O)C=C[C@H]4[C@@H](C2)N(C)CC[C@@]341. The van der Waals surface area contributed by atoms with Crippen molar-refractivity contribution in [2.24, 2.45) is 11.8 Å². The first-order valence-electron chi connectivity index (χ1n) is 9.15. The summed E-state index contributed by atoms with van der Waals surface area (Å²) in [6, 6.07) is 4.50. The van der Waals surface area contributed by atoms with Gasteiger partial charge >= 0.3 is 7.60 Å². The largest absolute Gasteiger partial charge is 0.493 e. The molecular weight excluding hydrogens is 353 g/mol. The topological polar surface area (TPSA) is 79.2 Å². The van der Waals surface area contributed by atoms with Gasteiger partial charge in [0, 0.05) is 28.9 Å². The van der Waals surface area contributed by atoms with E-state index in [4.69, 9.17) is 9.47 Å². The van der Waals surface area contributed by atoms with Crippen LogP contribution in [-0.4, -0.2) is 53.7 Å². The summed E-state index contributed by atoms with van der Waals surface area (Å²) in [4.78, 5) is 21.6. The molecule has 26 heavy (non-hydrogen) atoms. The Morgan fingerprint density at radius 1 is 1.38 bits per heavy atom. The highest BCUT2D eigenvalue weighted by atomic mass is 31.2. The van der Waals surface area contributed by atoms with E-state index in [1.54, 1.807) is 7.11 Å². The molecule has 2 N–H and O–H groups in total. The van der Waals surface area contributed by atoms with E-state index in [0.29, 0.717) is 12.0 Å². The Balaban J connectivity index is 1.72. The van der Waals surface area contributed by atoms with Crippen molar-refractivity contribution in [1.29, 1.82) is 0 Å². The van der Waals surface area contributed by atoms with Gasteiger partial charge in [0.1, 0.15) is 6.10 Å². The van der Waals surface area contributed by atoms with Crippen LogP contribution in [0.4, 0.5) is 0 Å². The third-order valence-corrected chi connectivity index (χ3v) is 7.83. The summed E-state index contributed by atoms with van der Waals surface area (Å²) in [6.07, 6.45) is 5.69. The zero-order valence-electron chi connectivity index (χ0n) is 15.0. The second kappa shape index (κ2) is 5.35. The number of methoxy groups -OCH3 is 1. The molecule has 4 aliphatic rings. The first-order chi connectivity index (χ1) is 12.3. The summed E-state index contributed by atoms with van der Waals surface area (Å²) in [7, 11) is -0.317. The number of likely N-dealkylation sites (tertiary alicyclic amines) is 1. The van der Waals surface area contributed by atoms with E-state index in [1.807, 2.05) is 12.1 Å². The lowest BCUT2D eigenvalue weighted by atomic mass is 9.52. The fraction of sp³-hybridized carbons (Fsp3) is 0.579. The van der Waals surface area contributed by atoms with Crippen LogP contribution in [-0.2, 0) is 16.4 Å². The van der Waals surface area contributed by atoms with Gasteiger partial charge in [-0.2, -0.15) is 0 Å². The molecule has 0 amide bonds. The molecule has 0 aromatic heterocycles. The third kappa shape index (κ3) is 2.07. The number of nitrogens with zero attached hydrogens (tertiary/aromatic N) is 1. The van der Waals surface area contributed by atoms with Crippen LogP contribution in [0.5, 0.6) is 11.5 Å². The Morgan fingerprint density at radius 3 is 2.92 bits per heavy atom. The molecule has 1 aromatic rings. The number of hydrogen-bond donors (Lipinski definition) is 2. The Labute approximate surface area is 153 Å². The minimum Gasteiger partial charge on any atom is -0.493 e. The summed E-state index contributed by atoms with van der Waals surface area (Å²) in [6.45, 7) is 0.966. The van der Waals surface area contributed by atoms with E-state index >= 15 is 0 Å². The maximum atomic E-state index is 11.7. The lowest BCUT2D eigenvalue weighted by Gasteiger charge is -2.57. The van der Waals surface area contributed by atoms with Crippen molar-refractivity contribution in [3.05, 3.63) is 35.4 Å². The van der Waals surface area contributed by atoms with Gasteiger partial charge in [-0.05, 0) is 38.1 Å². The Hall–Kier alpha value is -1.33. The molecule has 1 aromatic carbocycles. The van der Waals surface area contributed by atoms with Gasteiger partial charge in [-0.25, -0.2) is 0 Å². The minimum atomic E-state index is -4.13. The van der Waals surface area contributed by atoms with E-state index in [2.05, 4.69) is 24.1 Å². The van der Waals surface area contributed by atoms with E-state index in [1.165, 1.54) is 11.1 Å². The summed E-state index contributed by atoms with van der Waals surface area (Å²) < 4.78 is 23.8. The Bertz CT molecular complexity index is 849. The molecule has 1 fully saturated rings. The quantitative estimate of drug-likeness (QED) is 0.619. The highest BCUT2D eigenvalue weighted by Gasteiger charge is 2.64. The van der Waals surface area contributed by atoms with Crippen LogP contribution in [0.15, 0.2) is 24.3 Å². The van der Waals surface area contributed by atoms with Crippen LogP contribution in [0.25, 0.3) is 0 Å². The van der Waals surface area contributed by atoms with Gasteiger partial charge in [0.2, 0.25) is 0 Å². The first-order valence-corrected chi connectivity index (χ1v) is 10.9. The third-order valence-electron chi connectivity index (χ3n) is 6.93. The van der Waals surface area contributed by atoms with Crippen LogP contribution in [0.2, 0.25) is 0 Å². The van der Waals surface area contributed by atoms with Gasteiger partial charge < -0.3 is 24.2 Å². The van der Waals surface area contributed by atoms with Crippen molar-refractivity contribution in [2.75, 3.05) is 26.9 Å². The van der Waals surface area contributed by atoms with Crippen molar-refractivity contribution in [3.8, 4) is 11.5 Å². The van der Waals surface area contributed by atoms with Crippen molar-refractivity contribution in [1.82, 2.24) is 4.90 Å². The zero-order chi connectivity index (χ0) is 18.3. The Morgan fingerprint density at radius 2 is 2.19 bits per heavy atom. The summed E-state index contributed by atoms with van der Waals surface area (Å²) >= 11 is 0. The lowest BCUT2D eigenvalue weighted by molar-refractivity contribution is -0.0144. The molecule has 1 spiro atoms. The molecular formula is C19H24NO5P. The van der Waals surface area contributed by atoms with Crippen molar-refractivity contribution >= 4 is 7.60 Å². The highest BCUT2D eigenvalue weighted by Crippen LogP contribution is 2.64. The van der Waals surface area contributed by atoms with Gasteiger partial charge in [-0.15, -0.1) is 0 Å². The van der Waals surface area contributed by atoms with Gasteiger partial charge in [-0.3, -0.25) is 4.57 Å². The van der Waals surface area contributed by atoms with E-state index < -0.39 is 7.60 Å². The first kappa shape index (κ1) is 16.8. The molecule has 6 nitrogen and oxygen atoms in total. The van der Waals surface area contributed by atoms with Crippen LogP contribution < -0.4 is 9.47 Å². The number of hydrogen-bond acceptors (Lipinski definition) is 4. The monoisotopic (exact) mass is 377 g/mol. The lowest BCUT2D eigenvalue weighted by Crippen LogP contribution is -2.64. The molecule has 0 unspecified atom stereocenters. The highest BCUT2D eigenvalue weighted by molar-refractivity contribution is 7.51. The maximum Gasteiger partial charge on any atom is 0.326 e.